The number of halogens is 1. The van der Waals surface area contributed by atoms with Crippen molar-refractivity contribution in [3.05, 3.63) is 35.2 Å². The summed E-state index contributed by atoms with van der Waals surface area (Å²) in [7, 11) is 1.65. The van der Waals surface area contributed by atoms with E-state index in [0.717, 1.165) is 12.1 Å². The number of methoxy groups -OCH3 is 1. The van der Waals surface area contributed by atoms with Crippen molar-refractivity contribution in [2.75, 3.05) is 33.4 Å². The topological polar surface area (TPSA) is 89.3 Å². The molecular weight excluding hydrogens is 332 g/mol. The summed E-state index contributed by atoms with van der Waals surface area (Å²) < 4.78 is 10.1. The van der Waals surface area contributed by atoms with Crippen LogP contribution in [0.1, 0.15) is 12.3 Å². The second kappa shape index (κ2) is 10.0. The third-order valence-corrected chi connectivity index (χ3v) is 3.50. The number of rotatable bonds is 10. The number of nitrogens with zero attached hydrogens (tertiary/aromatic N) is 2. The average Bonchev–Trinajstić information content (AvgIpc) is 3.06. The molecule has 0 aliphatic carbocycles. The summed E-state index contributed by atoms with van der Waals surface area (Å²) in [6.45, 7) is 2.70. The number of carbonyl (C=O) groups excluding carboxylic acids is 1. The molecule has 8 heteroatoms. The minimum absolute atomic E-state index is 0.0465. The molecule has 0 fully saturated rings. The van der Waals surface area contributed by atoms with E-state index < -0.39 is 0 Å². The van der Waals surface area contributed by atoms with E-state index >= 15 is 0 Å². The number of aryl methyl sites for hydroxylation is 1. The predicted molar refractivity (Wildman–Crippen MR) is 90.8 cm³/mol. The highest BCUT2D eigenvalue weighted by Crippen LogP contribution is 2.18. The van der Waals surface area contributed by atoms with Crippen molar-refractivity contribution in [2.24, 2.45) is 0 Å². The molecule has 0 radical (unpaired) electrons. The zero-order valence-electron chi connectivity index (χ0n) is 13.5. The van der Waals surface area contributed by atoms with E-state index in [4.69, 9.17) is 20.9 Å². The highest BCUT2D eigenvalue weighted by Gasteiger charge is 2.10. The Morgan fingerprint density at radius 3 is 2.79 bits per heavy atom. The Morgan fingerprint density at radius 1 is 1.25 bits per heavy atom. The first-order valence-corrected chi connectivity index (χ1v) is 8.11. The molecule has 0 bridgehead atoms. The van der Waals surface area contributed by atoms with Crippen LogP contribution in [0.4, 0.5) is 0 Å². The highest BCUT2D eigenvalue weighted by atomic mass is 35.5. The Kier molecular flexibility index (Phi) is 7.67. The zero-order valence-corrected chi connectivity index (χ0v) is 14.3. The van der Waals surface area contributed by atoms with Gasteiger partial charge in [-0.3, -0.25) is 4.79 Å². The van der Waals surface area contributed by atoms with Crippen molar-refractivity contribution in [3.63, 3.8) is 0 Å². The minimum atomic E-state index is -0.0465. The van der Waals surface area contributed by atoms with E-state index in [1.54, 1.807) is 19.2 Å². The Hall–Kier alpha value is -1.96. The second-order valence-corrected chi connectivity index (χ2v) is 5.55. The first kappa shape index (κ1) is 18.4. The fraction of sp³-hybridized carbons (Fsp3) is 0.438. The van der Waals surface area contributed by atoms with Gasteiger partial charge in [-0.15, -0.1) is 0 Å². The molecule has 0 unspecified atom stereocenters. The molecule has 1 aromatic heterocycles. The van der Waals surface area contributed by atoms with Crippen LogP contribution in [0.5, 0.6) is 0 Å². The molecule has 2 N–H and O–H groups in total. The molecule has 24 heavy (non-hydrogen) atoms. The summed E-state index contributed by atoms with van der Waals surface area (Å²) in [6, 6.07) is 7.17. The molecular formula is C16H21ClN4O3. The van der Waals surface area contributed by atoms with Crippen LogP contribution in [0.15, 0.2) is 28.8 Å². The minimum Gasteiger partial charge on any atom is -0.383 e. The Labute approximate surface area is 145 Å². The lowest BCUT2D eigenvalue weighted by Gasteiger charge is -2.05. The molecule has 0 atom stereocenters. The summed E-state index contributed by atoms with van der Waals surface area (Å²) in [5.41, 5.74) is 0.820. The van der Waals surface area contributed by atoms with Gasteiger partial charge >= 0.3 is 0 Å². The van der Waals surface area contributed by atoms with Gasteiger partial charge < -0.3 is 19.9 Å². The number of amides is 1. The number of benzene rings is 1. The van der Waals surface area contributed by atoms with Crippen LogP contribution in [0.3, 0.4) is 0 Å². The van der Waals surface area contributed by atoms with Crippen LogP contribution in [0, 0.1) is 0 Å². The summed E-state index contributed by atoms with van der Waals surface area (Å²) in [6.07, 6.45) is 0.712. The number of hydrogen-bond donors (Lipinski definition) is 2. The summed E-state index contributed by atoms with van der Waals surface area (Å²) in [5.74, 6) is 0.882. The predicted octanol–water partition coefficient (Wildman–Crippen LogP) is 1.67. The van der Waals surface area contributed by atoms with E-state index in [-0.39, 0.29) is 5.91 Å². The lowest BCUT2D eigenvalue weighted by atomic mass is 10.2. The van der Waals surface area contributed by atoms with E-state index in [2.05, 4.69) is 20.8 Å². The first-order chi connectivity index (χ1) is 11.7. The molecule has 1 amide bonds. The summed E-state index contributed by atoms with van der Waals surface area (Å²) in [4.78, 5) is 16.0. The first-order valence-electron chi connectivity index (χ1n) is 7.74. The van der Waals surface area contributed by atoms with Crippen molar-refractivity contribution >= 4 is 17.5 Å². The monoisotopic (exact) mass is 352 g/mol. The van der Waals surface area contributed by atoms with Crippen molar-refractivity contribution in [3.8, 4) is 11.4 Å². The van der Waals surface area contributed by atoms with Crippen LogP contribution in [-0.2, 0) is 16.0 Å². The number of carbonyl (C=O) groups is 1. The molecule has 0 saturated carbocycles. The summed E-state index contributed by atoms with van der Waals surface area (Å²) >= 11 is 5.85. The maximum absolute atomic E-state index is 11.8. The van der Waals surface area contributed by atoms with E-state index in [9.17, 15) is 4.79 Å². The van der Waals surface area contributed by atoms with Gasteiger partial charge in [0.1, 0.15) is 0 Å². The SMILES string of the molecule is COCCNCCNC(=O)CCc1nc(-c2ccc(Cl)cc2)no1. The quantitative estimate of drug-likeness (QED) is 0.632. The van der Waals surface area contributed by atoms with Crippen molar-refractivity contribution in [2.45, 2.75) is 12.8 Å². The van der Waals surface area contributed by atoms with Gasteiger partial charge in [-0.05, 0) is 24.3 Å². The number of hydrogen-bond acceptors (Lipinski definition) is 6. The molecule has 7 nitrogen and oxygen atoms in total. The normalized spacial score (nSPS) is 10.8. The van der Waals surface area contributed by atoms with Gasteiger partial charge in [0, 0.05) is 50.2 Å². The smallest absolute Gasteiger partial charge is 0.227 e. The zero-order chi connectivity index (χ0) is 17.2. The molecule has 1 heterocycles. The van der Waals surface area contributed by atoms with Gasteiger partial charge in [0.2, 0.25) is 17.6 Å². The van der Waals surface area contributed by atoms with Crippen LogP contribution in [0.2, 0.25) is 5.02 Å². The van der Waals surface area contributed by atoms with Crippen molar-refractivity contribution in [1.82, 2.24) is 20.8 Å². The van der Waals surface area contributed by atoms with E-state index in [1.807, 2.05) is 12.1 Å². The van der Waals surface area contributed by atoms with Crippen LogP contribution in [0.25, 0.3) is 11.4 Å². The maximum Gasteiger partial charge on any atom is 0.227 e. The van der Waals surface area contributed by atoms with Gasteiger partial charge in [-0.25, -0.2) is 0 Å². The second-order valence-electron chi connectivity index (χ2n) is 5.11. The average molecular weight is 353 g/mol. The molecule has 1 aromatic carbocycles. The molecule has 0 saturated heterocycles. The Morgan fingerprint density at radius 2 is 2.04 bits per heavy atom. The largest absolute Gasteiger partial charge is 0.383 e. The fourth-order valence-corrected chi connectivity index (χ4v) is 2.10. The third kappa shape index (κ3) is 6.27. The number of ether oxygens (including phenoxy) is 1. The van der Waals surface area contributed by atoms with E-state index in [1.165, 1.54) is 0 Å². The van der Waals surface area contributed by atoms with Crippen molar-refractivity contribution < 1.29 is 14.1 Å². The number of nitrogens with one attached hydrogen (secondary N) is 2. The van der Waals surface area contributed by atoms with Gasteiger partial charge in [0.05, 0.1) is 6.61 Å². The lowest BCUT2D eigenvalue weighted by Crippen LogP contribution is -2.33. The summed E-state index contributed by atoms with van der Waals surface area (Å²) in [5, 5.41) is 10.5. The molecule has 0 aliphatic rings. The van der Waals surface area contributed by atoms with Crippen molar-refractivity contribution in [1.29, 1.82) is 0 Å². The molecule has 0 aliphatic heterocycles. The molecule has 0 spiro atoms. The number of aromatic nitrogens is 2. The van der Waals surface area contributed by atoms with Gasteiger partial charge in [-0.2, -0.15) is 4.98 Å². The maximum atomic E-state index is 11.8. The van der Waals surface area contributed by atoms with Crippen LogP contribution in [-0.4, -0.2) is 49.4 Å². The van der Waals surface area contributed by atoms with Gasteiger partial charge in [0.25, 0.3) is 0 Å². The van der Waals surface area contributed by atoms with Gasteiger partial charge in [0.15, 0.2) is 0 Å². The molecule has 2 aromatic rings. The Balaban J connectivity index is 1.69. The third-order valence-electron chi connectivity index (χ3n) is 3.24. The van der Waals surface area contributed by atoms with Crippen LogP contribution >= 0.6 is 11.6 Å². The highest BCUT2D eigenvalue weighted by molar-refractivity contribution is 6.30. The lowest BCUT2D eigenvalue weighted by molar-refractivity contribution is -0.121. The molecule has 2 rings (SSSR count). The van der Waals surface area contributed by atoms with Gasteiger partial charge in [-0.1, -0.05) is 16.8 Å². The van der Waals surface area contributed by atoms with Crippen LogP contribution < -0.4 is 10.6 Å². The Bertz CT molecular complexity index is 631. The van der Waals surface area contributed by atoms with E-state index in [0.29, 0.717) is 49.3 Å². The molecule has 130 valence electrons. The standard InChI is InChI=1S/C16H21ClN4O3/c1-23-11-10-18-8-9-19-14(22)6-7-15-20-16(21-24-15)12-2-4-13(17)5-3-12/h2-5,18H,6-11H2,1H3,(H,19,22). The fourth-order valence-electron chi connectivity index (χ4n) is 1.97.